The van der Waals surface area contributed by atoms with Crippen LogP contribution in [0.1, 0.15) is 13.3 Å². The Morgan fingerprint density at radius 1 is 1.60 bits per heavy atom. The average molecular weight is 318 g/mol. The molecule has 1 aromatic rings. The normalized spacial score (nSPS) is 12.2. The van der Waals surface area contributed by atoms with Gasteiger partial charge in [0.05, 0.1) is 0 Å². The van der Waals surface area contributed by atoms with Crippen LogP contribution in [0, 0.1) is 9.49 Å². The first kappa shape index (κ1) is 12.4. The summed E-state index contributed by atoms with van der Waals surface area (Å²) < 4.78 is 1.11. The van der Waals surface area contributed by atoms with E-state index in [-0.39, 0.29) is 11.8 Å². The lowest BCUT2D eigenvalue weighted by Crippen LogP contribution is -2.20. The second-order valence-corrected chi connectivity index (χ2v) is 4.85. The second-order valence-electron chi connectivity index (χ2n) is 3.60. The highest BCUT2D eigenvalue weighted by Crippen LogP contribution is 2.13. The predicted molar refractivity (Wildman–Crippen MR) is 70.6 cm³/mol. The molecule has 0 aliphatic heterocycles. The lowest BCUT2D eigenvalue weighted by molar-refractivity contribution is -0.116. The molecule has 0 fully saturated rings. The number of benzene rings is 1. The second kappa shape index (κ2) is 6.07. The van der Waals surface area contributed by atoms with Crippen LogP contribution in [0.5, 0.6) is 0 Å². The highest BCUT2D eigenvalue weighted by molar-refractivity contribution is 14.1. The first-order valence-corrected chi connectivity index (χ1v) is 5.95. The van der Waals surface area contributed by atoms with Gasteiger partial charge in [0.1, 0.15) is 0 Å². The molecule has 0 radical (unpaired) electrons. The smallest absolute Gasteiger partial charge is 0.224 e. The molecule has 0 bridgehead atoms. The first-order valence-electron chi connectivity index (χ1n) is 4.87. The van der Waals surface area contributed by atoms with E-state index in [1.54, 1.807) is 0 Å². The van der Waals surface area contributed by atoms with Crippen molar-refractivity contribution in [2.24, 2.45) is 11.7 Å². The zero-order chi connectivity index (χ0) is 11.3. The summed E-state index contributed by atoms with van der Waals surface area (Å²) in [7, 11) is 0. The summed E-state index contributed by atoms with van der Waals surface area (Å²) in [5.74, 6) is 0.253. The number of amides is 1. The summed E-state index contributed by atoms with van der Waals surface area (Å²) in [5, 5.41) is 2.85. The third-order valence-corrected chi connectivity index (χ3v) is 2.72. The topological polar surface area (TPSA) is 55.1 Å². The number of carbonyl (C=O) groups is 1. The Labute approximate surface area is 104 Å². The fourth-order valence-corrected chi connectivity index (χ4v) is 1.72. The zero-order valence-electron chi connectivity index (χ0n) is 8.66. The van der Waals surface area contributed by atoms with Gasteiger partial charge in [-0.3, -0.25) is 4.79 Å². The van der Waals surface area contributed by atoms with Gasteiger partial charge in [-0.05, 0) is 53.3 Å². The summed E-state index contributed by atoms with van der Waals surface area (Å²) in [6.07, 6.45) is 0.474. The van der Waals surface area contributed by atoms with E-state index in [9.17, 15) is 4.79 Å². The summed E-state index contributed by atoms with van der Waals surface area (Å²) in [6, 6.07) is 7.72. The third kappa shape index (κ3) is 4.61. The lowest BCUT2D eigenvalue weighted by Gasteiger charge is -2.09. The average Bonchev–Trinajstić information content (AvgIpc) is 2.17. The molecular formula is C11H15IN2O. The van der Waals surface area contributed by atoms with E-state index in [1.807, 2.05) is 31.2 Å². The predicted octanol–water partition coefficient (Wildman–Crippen LogP) is 2.21. The molecule has 15 heavy (non-hydrogen) atoms. The highest BCUT2D eigenvalue weighted by atomic mass is 127. The molecule has 0 saturated heterocycles. The maximum Gasteiger partial charge on any atom is 0.224 e. The van der Waals surface area contributed by atoms with E-state index in [0.717, 1.165) is 9.26 Å². The van der Waals surface area contributed by atoms with Gasteiger partial charge in [-0.2, -0.15) is 0 Å². The van der Waals surface area contributed by atoms with E-state index in [1.165, 1.54) is 0 Å². The third-order valence-electron chi connectivity index (χ3n) is 2.04. The maximum atomic E-state index is 11.5. The Morgan fingerprint density at radius 3 is 2.93 bits per heavy atom. The summed E-state index contributed by atoms with van der Waals surface area (Å²) in [5.41, 5.74) is 6.30. The zero-order valence-corrected chi connectivity index (χ0v) is 10.8. The molecule has 0 heterocycles. The van der Waals surface area contributed by atoms with Crippen molar-refractivity contribution < 1.29 is 4.79 Å². The molecule has 0 saturated carbocycles. The van der Waals surface area contributed by atoms with Crippen LogP contribution >= 0.6 is 22.6 Å². The van der Waals surface area contributed by atoms with Crippen LogP contribution in [0.4, 0.5) is 5.69 Å². The Hall–Kier alpha value is -0.620. The largest absolute Gasteiger partial charge is 0.330 e. The van der Waals surface area contributed by atoms with Crippen LogP contribution in [-0.2, 0) is 4.79 Å². The standard InChI is InChI=1S/C11H15IN2O/c1-8(7-13)5-11(15)14-10-4-2-3-9(12)6-10/h2-4,6,8H,5,7,13H2,1H3,(H,14,15). The molecule has 4 heteroatoms. The van der Waals surface area contributed by atoms with Crippen molar-refractivity contribution in [3.8, 4) is 0 Å². The number of anilines is 1. The minimum atomic E-state index is 0.0231. The number of halogens is 1. The molecule has 0 aliphatic rings. The maximum absolute atomic E-state index is 11.5. The van der Waals surface area contributed by atoms with Gasteiger partial charge < -0.3 is 11.1 Å². The minimum absolute atomic E-state index is 0.0231. The quantitative estimate of drug-likeness (QED) is 0.837. The Bertz CT molecular complexity index is 341. The van der Waals surface area contributed by atoms with Gasteiger partial charge in [0.25, 0.3) is 0 Å². The fraction of sp³-hybridized carbons (Fsp3) is 0.364. The molecule has 0 aliphatic carbocycles. The van der Waals surface area contributed by atoms with Gasteiger partial charge >= 0.3 is 0 Å². The lowest BCUT2D eigenvalue weighted by atomic mass is 10.1. The van der Waals surface area contributed by atoms with Crippen LogP contribution in [0.2, 0.25) is 0 Å². The van der Waals surface area contributed by atoms with Crippen molar-refractivity contribution in [3.63, 3.8) is 0 Å². The fourth-order valence-electron chi connectivity index (χ4n) is 1.18. The molecule has 82 valence electrons. The van der Waals surface area contributed by atoms with Crippen LogP contribution in [0.3, 0.4) is 0 Å². The molecule has 0 spiro atoms. The van der Waals surface area contributed by atoms with Crippen molar-refractivity contribution in [2.75, 3.05) is 11.9 Å². The number of carbonyl (C=O) groups excluding carboxylic acids is 1. The van der Waals surface area contributed by atoms with Crippen molar-refractivity contribution in [1.82, 2.24) is 0 Å². The van der Waals surface area contributed by atoms with Crippen LogP contribution in [0.15, 0.2) is 24.3 Å². The molecule has 1 atom stereocenters. The summed E-state index contributed by atoms with van der Waals surface area (Å²) in [6.45, 7) is 2.51. The molecule has 0 aromatic heterocycles. The van der Waals surface area contributed by atoms with Gasteiger partial charge in [0, 0.05) is 15.7 Å². The van der Waals surface area contributed by atoms with E-state index in [0.29, 0.717) is 13.0 Å². The molecule has 1 unspecified atom stereocenters. The SMILES string of the molecule is CC(CN)CC(=O)Nc1cccc(I)c1. The molecule has 3 N–H and O–H groups in total. The van der Waals surface area contributed by atoms with E-state index in [4.69, 9.17) is 5.73 Å². The van der Waals surface area contributed by atoms with Crippen LogP contribution < -0.4 is 11.1 Å². The monoisotopic (exact) mass is 318 g/mol. The van der Waals surface area contributed by atoms with E-state index >= 15 is 0 Å². The molecular weight excluding hydrogens is 303 g/mol. The van der Waals surface area contributed by atoms with Crippen molar-refractivity contribution in [2.45, 2.75) is 13.3 Å². The van der Waals surface area contributed by atoms with Crippen molar-refractivity contribution >= 4 is 34.2 Å². The van der Waals surface area contributed by atoms with Gasteiger partial charge in [-0.25, -0.2) is 0 Å². The molecule has 3 nitrogen and oxygen atoms in total. The molecule has 1 amide bonds. The summed E-state index contributed by atoms with van der Waals surface area (Å²) >= 11 is 2.21. The number of nitrogens with one attached hydrogen (secondary N) is 1. The van der Waals surface area contributed by atoms with E-state index < -0.39 is 0 Å². The molecule has 1 rings (SSSR count). The first-order chi connectivity index (χ1) is 7.11. The number of hydrogen-bond donors (Lipinski definition) is 2. The number of hydrogen-bond acceptors (Lipinski definition) is 2. The van der Waals surface area contributed by atoms with E-state index in [2.05, 4.69) is 27.9 Å². The molecule has 1 aromatic carbocycles. The number of nitrogens with two attached hydrogens (primary N) is 1. The highest BCUT2D eigenvalue weighted by Gasteiger charge is 2.07. The number of rotatable bonds is 4. The summed E-state index contributed by atoms with van der Waals surface area (Å²) in [4.78, 5) is 11.5. The van der Waals surface area contributed by atoms with Gasteiger partial charge in [-0.1, -0.05) is 13.0 Å². The van der Waals surface area contributed by atoms with Crippen LogP contribution in [-0.4, -0.2) is 12.5 Å². The van der Waals surface area contributed by atoms with Crippen molar-refractivity contribution in [3.05, 3.63) is 27.8 Å². The van der Waals surface area contributed by atoms with Gasteiger partial charge in [0.15, 0.2) is 0 Å². The Morgan fingerprint density at radius 2 is 2.33 bits per heavy atom. The van der Waals surface area contributed by atoms with Gasteiger partial charge in [-0.15, -0.1) is 0 Å². The Kier molecular flexibility index (Phi) is 5.04. The minimum Gasteiger partial charge on any atom is -0.330 e. The van der Waals surface area contributed by atoms with Crippen molar-refractivity contribution in [1.29, 1.82) is 0 Å². The van der Waals surface area contributed by atoms with Gasteiger partial charge in [0.2, 0.25) is 5.91 Å². The Balaban J connectivity index is 2.51. The van der Waals surface area contributed by atoms with Crippen LogP contribution in [0.25, 0.3) is 0 Å².